The maximum atomic E-state index is 12.6. The van der Waals surface area contributed by atoms with E-state index in [-0.39, 0.29) is 18.1 Å². The first-order valence-corrected chi connectivity index (χ1v) is 10.8. The Morgan fingerprint density at radius 1 is 1.29 bits per heavy atom. The summed E-state index contributed by atoms with van der Waals surface area (Å²) in [5, 5.41) is 12.3. The lowest BCUT2D eigenvalue weighted by Gasteiger charge is -2.38. The van der Waals surface area contributed by atoms with Crippen LogP contribution in [0.1, 0.15) is 45.1 Å². The van der Waals surface area contributed by atoms with Gasteiger partial charge in [0.1, 0.15) is 5.76 Å². The third-order valence-corrected chi connectivity index (χ3v) is 6.29. The molecule has 0 aromatic heterocycles. The van der Waals surface area contributed by atoms with Crippen LogP contribution in [0.15, 0.2) is 64.6 Å². The molecule has 2 N–H and O–H groups in total. The SMILES string of the molecule is C=C(C=NC1=C(c2ccccc2)CCC(OC)=C1C)NC(=O)N1CCC(C)(CO)CC1. The van der Waals surface area contributed by atoms with Crippen molar-refractivity contribution in [2.45, 2.75) is 39.5 Å². The van der Waals surface area contributed by atoms with Gasteiger partial charge in [0.2, 0.25) is 0 Å². The number of urea groups is 1. The zero-order valence-electron chi connectivity index (χ0n) is 18.8. The number of nitrogens with one attached hydrogen (secondary N) is 1. The summed E-state index contributed by atoms with van der Waals surface area (Å²) in [5.74, 6) is 0.932. The highest BCUT2D eigenvalue weighted by molar-refractivity contribution is 5.88. The van der Waals surface area contributed by atoms with E-state index in [9.17, 15) is 9.90 Å². The van der Waals surface area contributed by atoms with Gasteiger partial charge < -0.3 is 20.1 Å². The third-order valence-electron chi connectivity index (χ3n) is 6.29. The number of aliphatic hydroxyl groups is 1. The summed E-state index contributed by atoms with van der Waals surface area (Å²) in [5.41, 5.74) is 4.51. The molecule has 3 rings (SSSR count). The fourth-order valence-corrected chi connectivity index (χ4v) is 4.05. The number of allylic oxidation sites excluding steroid dienone is 4. The predicted octanol–water partition coefficient (Wildman–Crippen LogP) is 4.50. The van der Waals surface area contributed by atoms with Gasteiger partial charge in [-0.15, -0.1) is 0 Å². The van der Waals surface area contributed by atoms with Gasteiger partial charge in [0, 0.05) is 31.7 Å². The fourth-order valence-electron chi connectivity index (χ4n) is 4.05. The molecule has 0 unspecified atom stereocenters. The lowest BCUT2D eigenvalue weighted by Crippen LogP contribution is -2.47. The number of methoxy groups -OCH3 is 1. The Morgan fingerprint density at radius 2 is 1.97 bits per heavy atom. The number of likely N-dealkylation sites (tertiary alicyclic amines) is 1. The van der Waals surface area contributed by atoms with Gasteiger partial charge in [-0.05, 0) is 42.7 Å². The van der Waals surface area contributed by atoms with Crippen molar-refractivity contribution in [1.82, 2.24) is 10.2 Å². The van der Waals surface area contributed by atoms with E-state index < -0.39 is 0 Å². The summed E-state index contributed by atoms with van der Waals surface area (Å²) in [6, 6.07) is 10.0. The van der Waals surface area contributed by atoms with Crippen molar-refractivity contribution in [3.8, 4) is 0 Å². The molecule has 0 spiro atoms. The number of amides is 2. The molecule has 1 heterocycles. The normalized spacial score (nSPS) is 19.0. The largest absolute Gasteiger partial charge is 0.501 e. The van der Waals surface area contributed by atoms with Crippen LogP contribution in [0.25, 0.3) is 5.57 Å². The van der Waals surface area contributed by atoms with Crippen molar-refractivity contribution in [1.29, 1.82) is 0 Å². The number of aliphatic hydroxyl groups excluding tert-OH is 1. The van der Waals surface area contributed by atoms with Crippen LogP contribution in [-0.2, 0) is 4.74 Å². The Labute approximate surface area is 185 Å². The van der Waals surface area contributed by atoms with E-state index in [0.29, 0.717) is 18.8 Å². The fraction of sp³-hybridized carbons (Fsp3) is 0.440. The van der Waals surface area contributed by atoms with Crippen LogP contribution in [-0.4, -0.2) is 49.1 Å². The van der Waals surface area contributed by atoms with Gasteiger partial charge in [-0.2, -0.15) is 0 Å². The summed E-state index contributed by atoms with van der Waals surface area (Å²) < 4.78 is 5.55. The first-order valence-electron chi connectivity index (χ1n) is 10.8. The van der Waals surface area contributed by atoms with Gasteiger partial charge in [0.05, 0.1) is 24.7 Å². The topological polar surface area (TPSA) is 74.2 Å². The van der Waals surface area contributed by atoms with Crippen molar-refractivity contribution in [2.75, 3.05) is 26.8 Å². The predicted molar refractivity (Wildman–Crippen MR) is 124 cm³/mol. The van der Waals surface area contributed by atoms with Crippen LogP contribution in [0, 0.1) is 5.41 Å². The first-order chi connectivity index (χ1) is 14.9. The lowest BCUT2D eigenvalue weighted by atomic mass is 9.81. The Hall–Kier alpha value is -2.86. The maximum absolute atomic E-state index is 12.6. The Bertz CT molecular complexity index is 907. The summed E-state index contributed by atoms with van der Waals surface area (Å²) >= 11 is 0. The van der Waals surface area contributed by atoms with Crippen LogP contribution in [0.5, 0.6) is 0 Å². The molecule has 6 heteroatoms. The molecule has 0 atom stereocenters. The minimum absolute atomic E-state index is 0.0978. The molecule has 1 aliphatic heterocycles. The number of carbonyl (C=O) groups is 1. The van der Waals surface area contributed by atoms with Crippen LogP contribution in [0.4, 0.5) is 4.79 Å². The highest BCUT2D eigenvalue weighted by Gasteiger charge is 2.31. The number of nitrogens with zero attached hydrogens (tertiary/aromatic N) is 2. The summed E-state index contributed by atoms with van der Waals surface area (Å²) in [7, 11) is 1.69. The number of hydrogen-bond donors (Lipinski definition) is 2. The monoisotopic (exact) mass is 423 g/mol. The maximum Gasteiger partial charge on any atom is 0.321 e. The number of aliphatic imine (C=N–C) groups is 1. The van der Waals surface area contributed by atoms with Crippen LogP contribution >= 0.6 is 0 Å². The average molecular weight is 424 g/mol. The number of carbonyl (C=O) groups excluding carboxylic acids is 1. The van der Waals surface area contributed by atoms with Crippen molar-refractivity contribution in [3.63, 3.8) is 0 Å². The van der Waals surface area contributed by atoms with E-state index in [1.54, 1.807) is 18.2 Å². The van der Waals surface area contributed by atoms with Crippen LogP contribution in [0.2, 0.25) is 0 Å². The second-order valence-corrected chi connectivity index (χ2v) is 8.61. The molecule has 1 saturated heterocycles. The quantitative estimate of drug-likeness (QED) is 0.662. The van der Waals surface area contributed by atoms with Crippen LogP contribution < -0.4 is 5.32 Å². The smallest absolute Gasteiger partial charge is 0.321 e. The molecule has 1 fully saturated rings. The second-order valence-electron chi connectivity index (χ2n) is 8.61. The highest BCUT2D eigenvalue weighted by atomic mass is 16.5. The molecule has 0 radical (unpaired) electrons. The molecule has 31 heavy (non-hydrogen) atoms. The van der Waals surface area contributed by atoms with E-state index >= 15 is 0 Å². The summed E-state index contributed by atoms with van der Waals surface area (Å²) in [4.78, 5) is 19.1. The molecule has 2 aliphatic rings. The molecule has 1 aromatic carbocycles. The Morgan fingerprint density at radius 3 is 2.58 bits per heavy atom. The van der Waals surface area contributed by atoms with E-state index in [0.717, 1.165) is 53.8 Å². The van der Waals surface area contributed by atoms with E-state index in [1.165, 1.54) is 0 Å². The molecule has 2 amide bonds. The van der Waals surface area contributed by atoms with Gasteiger partial charge in [-0.3, -0.25) is 4.99 Å². The standard InChI is InChI=1S/C25H33N3O3/c1-18(27-24(30)28-14-12-25(3,17-29)13-15-28)16-26-23-19(2)22(31-4)11-10-21(23)20-8-6-5-7-9-20/h5-9,16,29H,1,10-15,17H2,2-4H3,(H,27,30). The van der Waals surface area contributed by atoms with Crippen molar-refractivity contribution in [2.24, 2.45) is 10.4 Å². The van der Waals surface area contributed by atoms with Gasteiger partial charge in [-0.1, -0.05) is 43.8 Å². The average Bonchev–Trinajstić information content (AvgIpc) is 2.79. The van der Waals surface area contributed by atoms with Crippen molar-refractivity contribution >= 4 is 17.8 Å². The van der Waals surface area contributed by atoms with Crippen LogP contribution in [0.3, 0.4) is 0 Å². The molecule has 6 nitrogen and oxygen atoms in total. The molecular weight excluding hydrogens is 390 g/mol. The van der Waals surface area contributed by atoms with Crippen molar-refractivity contribution in [3.05, 3.63) is 65.2 Å². The van der Waals surface area contributed by atoms with Gasteiger partial charge in [0.25, 0.3) is 0 Å². The Kier molecular flexibility index (Phi) is 7.33. The third kappa shape index (κ3) is 5.44. The number of benzene rings is 1. The number of piperidine rings is 1. The summed E-state index contributed by atoms with van der Waals surface area (Å²) in [6.45, 7) is 9.42. The molecule has 1 aromatic rings. The molecule has 166 valence electrons. The lowest BCUT2D eigenvalue weighted by molar-refractivity contribution is 0.0706. The molecule has 0 saturated carbocycles. The van der Waals surface area contributed by atoms with Gasteiger partial charge in [-0.25, -0.2) is 4.79 Å². The van der Waals surface area contributed by atoms with Crippen molar-refractivity contribution < 1.29 is 14.6 Å². The van der Waals surface area contributed by atoms with E-state index in [4.69, 9.17) is 9.73 Å². The minimum Gasteiger partial charge on any atom is -0.501 e. The zero-order chi connectivity index (χ0) is 22.4. The molecule has 1 aliphatic carbocycles. The van der Waals surface area contributed by atoms with Gasteiger partial charge in [0.15, 0.2) is 0 Å². The van der Waals surface area contributed by atoms with E-state index in [2.05, 4.69) is 31.0 Å². The zero-order valence-corrected chi connectivity index (χ0v) is 18.8. The second kappa shape index (κ2) is 9.96. The highest BCUT2D eigenvalue weighted by Crippen LogP contribution is 2.36. The molecule has 0 bridgehead atoms. The van der Waals surface area contributed by atoms with E-state index in [1.807, 2.05) is 25.1 Å². The number of rotatable bonds is 6. The first kappa shape index (κ1) is 22.8. The van der Waals surface area contributed by atoms with Gasteiger partial charge >= 0.3 is 6.03 Å². The minimum atomic E-state index is -0.179. The summed E-state index contributed by atoms with van der Waals surface area (Å²) in [6.07, 6.45) is 4.86. The number of hydrogen-bond acceptors (Lipinski definition) is 4. The number of ether oxygens (including phenoxy) is 1. The Balaban J connectivity index is 1.72. The molecular formula is C25H33N3O3.